The van der Waals surface area contributed by atoms with Crippen molar-refractivity contribution in [2.45, 2.75) is 12.3 Å². The van der Waals surface area contributed by atoms with Crippen LogP contribution in [0, 0.1) is 0 Å². The number of hydrogen-bond acceptors (Lipinski definition) is 1. The Kier molecular flexibility index (Phi) is 3.00. The summed E-state index contributed by atoms with van der Waals surface area (Å²) >= 11 is 9.53. The molecule has 0 N–H and O–H groups in total. The number of halogens is 2. The predicted molar refractivity (Wildman–Crippen MR) is 76.4 cm³/mol. The molecule has 0 aliphatic heterocycles. The average molecular weight is 322 g/mol. The molecule has 0 aromatic heterocycles. The van der Waals surface area contributed by atoms with Crippen molar-refractivity contribution in [2.24, 2.45) is 0 Å². The SMILES string of the molecule is O=C(c1c(Cl)cccc1Br)C1Cc2ccccc21. The highest BCUT2D eigenvalue weighted by atomic mass is 79.9. The summed E-state index contributed by atoms with van der Waals surface area (Å²) in [4.78, 5) is 12.5. The molecular weight excluding hydrogens is 312 g/mol. The number of hydrogen-bond donors (Lipinski definition) is 0. The first-order chi connectivity index (χ1) is 8.68. The molecular formula is C15H10BrClO. The van der Waals surface area contributed by atoms with Gasteiger partial charge in [-0.3, -0.25) is 4.79 Å². The number of Topliss-reactive ketones (excluding diaryl/α,β-unsaturated/α-hetero) is 1. The molecule has 0 fully saturated rings. The number of ketones is 1. The smallest absolute Gasteiger partial charge is 0.173 e. The van der Waals surface area contributed by atoms with Crippen LogP contribution in [0.1, 0.15) is 27.4 Å². The van der Waals surface area contributed by atoms with Gasteiger partial charge >= 0.3 is 0 Å². The van der Waals surface area contributed by atoms with Gasteiger partial charge < -0.3 is 0 Å². The Morgan fingerprint density at radius 2 is 1.94 bits per heavy atom. The second-order valence-electron chi connectivity index (χ2n) is 4.42. The van der Waals surface area contributed by atoms with Crippen LogP contribution in [-0.4, -0.2) is 5.78 Å². The number of benzene rings is 2. The van der Waals surface area contributed by atoms with E-state index in [9.17, 15) is 4.79 Å². The van der Waals surface area contributed by atoms with Crippen LogP contribution in [0.25, 0.3) is 0 Å². The number of rotatable bonds is 2. The lowest BCUT2D eigenvalue weighted by atomic mass is 9.74. The number of carbonyl (C=O) groups is 1. The van der Waals surface area contributed by atoms with E-state index < -0.39 is 0 Å². The Morgan fingerprint density at radius 3 is 2.67 bits per heavy atom. The third kappa shape index (κ3) is 1.80. The highest BCUT2D eigenvalue weighted by Crippen LogP contribution is 2.39. The lowest BCUT2D eigenvalue weighted by Crippen LogP contribution is -2.25. The third-order valence-electron chi connectivity index (χ3n) is 3.38. The van der Waals surface area contributed by atoms with Crippen molar-refractivity contribution in [2.75, 3.05) is 0 Å². The topological polar surface area (TPSA) is 17.1 Å². The van der Waals surface area contributed by atoms with Crippen LogP contribution in [0.5, 0.6) is 0 Å². The first kappa shape index (κ1) is 11.9. The first-order valence-electron chi connectivity index (χ1n) is 5.74. The van der Waals surface area contributed by atoms with Gasteiger partial charge in [-0.15, -0.1) is 0 Å². The van der Waals surface area contributed by atoms with Gasteiger partial charge in [-0.05, 0) is 45.6 Å². The van der Waals surface area contributed by atoms with Crippen molar-refractivity contribution in [3.63, 3.8) is 0 Å². The lowest BCUT2D eigenvalue weighted by molar-refractivity contribution is 0.0948. The van der Waals surface area contributed by atoms with E-state index in [-0.39, 0.29) is 11.7 Å². The summed E-state index contributed by atoms with van der Waals surface area (Å²) in [6.45, 7) is 0. The number of carbonyl (C=O) groups excluding carboxylic acids is 1. The first-order valence-corrected chi connectivity index (χ1v) is 6.91. The Labute approximate surface area is 119 Å². The molecule has 1 atom stereocenters. The second-order valence-corrected chi connectivity index (χ2v) is 5.68. The van der Waals surface area contributed by atoms with Gasteiger partial charge in [-0.25, -0.2) is 0 Å². The zero-order valence-electron chi connectivity index (χ0n) is 9.49. The van der Waals surface area contributed by atoms with Crippen LogP contribution in [0.4, 0.5) is 0 Å². The van der Waals surface area contributed by atoms with Gasteiger partial charge in [0.2, 0.25) is 0 Å². The summed E-state index contributed by atoms with van der Waals surface area (Å²) in [7, 11) is 0. The zero-order chi connectivity index (χ0) is 12.7. The maximum absolute atomic E-state index is 12.5. The fourth-order valence-corrected chi connectivity index (χ4v) is 3.34. The minimum absolute atomic E-state index is 0.0441. The van der Waals surface area contributed by atoms with Crippen molar-refractivity contribution in [3.8, 4) is 0 Å². The predicted octanol–water partition coefficient (Wildman–Crippen LogP) is 4.63. The van der Waals surface area contributed by atoms with Gasteiger partial charge in [-0.2, -0.15) is 0 Å². The van der Waals surface area contributed by atoms with Crippen molar-refractivity contribution in [1.29, 1.82) is 0 Å². The highest BCUT2D eigenvalue weighted by molar-refractivity contribution is 9.10. The summed E-state index contributed by atoms with van der Waals surface area (Å²) in [5.41, 5.74) is 2.99. The third-order valence-corrected chi connectivity index (χ3v) is 4.36. The largest absolute Gasteiger partial charge is 0.293 e. The van der Waals surface area contributed by atoms with E-state index in [1.165, 1.54) is 5.56 Å². The van der Waals surface area contributed by atoms with Gasteiger partial charge in [0.1, 0.15) is 0 Å². The molecule has 0 heterocycles. The number of fused-ring (bicyclic) bond motifs is 1. The van der Waals surface area contributed by atoms with E-state index in [1.807, 2.05) is 30.3 Å². The Bertz CT molecular complexity index is 616. The van der Waals surface area contributed by atoms with Crippen LogP contribution in [0.15, 0.2) is 46.9 Å². The quantitative estimate of drug-likeness (QED) is 0.737. The van der Waals surface area contributed by atoms with Crippen LogP contribution in [0.3, 0.4) is 0 Å². The van der Waals surface area contributed by atoms with Gasteiger partial charge in [0.05, 0.1) is 16.5 Å². The van der Waals surface area contributed by atoms with Crippen molar-refractivity contribution in [1.82, 2.24) is 0 Å². The molecule has 18 heavy (non-hydrogen) atoms. The molecule has 3 heteroatoms. The van der Waals surface area contributed by atoms with Crippen molar-refractivity contribution < 1.29 is 4.79 Å². The molecule has 0 saturated carbocycles. The molecule has 1 aliphatic carbocycles. The molecule has 2 aromatic rings. The molecule has 90 valence electrons. The minimum atomic E-state index is -0.0441. The molecule has 3 rings (SSSR count). The Balaban J connectivity index is 1.99. The van der Waals surface area contributed by atoms with Crippen molar-refractivity contribution in [3.05, 3.63) is 68.7 Å². The standard InChI is InChI=1S/C15H10BrClO/c16-12-6-3-7-13(17)14(12)15(18)11-8-9-4-1-2-5-10(9)11/h1-7,11H,8H2. The summed E-state index contributed by atoms with van der Waals surface area (Å²) in [6, 6.07) is 13.5. The van der Waals surface area contributed by atoms with E-state index >= 15 is 0 Å². The molecule has 0 amide bonds. The fourth-order valence-electron chi connectivity index (χ4n) is 2.40. The zero-order valence-corrected chi connectivity index (χ0v) is 11.8. The van der Waals surface area contributed by atoms with E-state index in [1.54, 1.807) is 6.07 Å². The van der Waals surface area contributed by atoms with E-state index in [0.29, 0.717) is 10.6 Å². The van der Waals surface area contributed by atoms with Crippen LogP contribution < -0.4 is 0 Å². The maximum atomic E-state index is 12.5. The molecule has 1 aliphatic rings. The molecule has 1 nitrogen and oxygen atoms in total. The van der Waals surface area contributed by atoms with Gasteiger partial charge in [0, 0.05) is 4.47 Å². The average Bonchev–Trinajstić information content (AvgIpc) is 2.30. The Morgan fingerprint density at radius 1 is 1.17 bits per heavy atom. The van der Waals surface area contributed by atoms with E-state index in [2.05, 4.69) is 22.0 Å². The summed E-state index contributed by atoms with van der Waals surface area (Å²) < 4.78 is 0.768. The highest BCUT2D eigenvalue weighted by Gasteiger charge is 2.33. The van der Waals surface area contributed by atoms with E-state index in [4.69, 9.17) is 11.6 Å². The van der Waals surface area contributed by atoms with Crippen LogP contribution in [0.2, 0.25) is 5.02 Å². The van der Waals surface area contributed by atoms with Crippen LogP contribution >= 0.6 is 27.5 Å². The monoisotopic (exact) mass is 320 g/mol. The van der Waals surface area contributed by atoms with Crippen molar-refractivity contribution >= 4 is 33.3 Å². The second kappa shape index (κ2) is 4.52. The summed E-state index contributed by atoms with van der Waals surface area (Å²) in [5.74, 6) is 0.0589. The molecule has 0 saturated heterocycles. The van der Waals surface area contributed by atoms with Crippen LogP contribution in [-0.2, 0) is 6.42 Å². The molecule has 0 spiro atoms. The van der Waals surface area contributed by atoms with Gasteiger partial charge in [-0.1, -0.05) is 41.9 Å². The minimum Gasteiger partial charge on any atom is -0.293 e. The van der Waals surface area contributed by atoms with Gasteiger partial charge in [0.25, 0.3) is 0 Å². The summed E-state index contributed by atoms with van der Waals surface area (Å²) in [5, 5.41) is 0.513. The van der Waals surface area contributed by atoms with E-state index in [0.717, 1.165) is 16.5 Å². The summed E-state index contributed by atoms with van der Waals surface area (Å²) in [6.07, 6.45) is 0.812. The molecule has 0 bridgehead atoms. The molecule has 2 aromatic carbocycles. The lowest BCUT2D eigenvalue weighted by Gasteiger charge is -2.29. The molecule has 0 radical (unpaired) electrons. The fraction of sp³-hybridized carbons (Fsp3) is 0.133. The van der Waals surface area contributed by atoms with Gasteiger partial charge in [0.15, 0.2) is 5.78 Å². The maximum Gasteiger partial charge on any atom is 0.173 e. The Hall–Kier alpha value is -1.12. The molecule has 1 unspecified atom stereocenters. The normalized spacial score (nSPS) is 16.9.